The van der Waals surface area contributed by atoms with Gasteiger partial charge in [-0.2, -0.15) is 13.5 Å². The molecule has 1 spiro atoms. The number of nitrogens with one attached hydrogen (secondary N) is 3. The molecule has 0 radical (unpaired) electrons. The molecule has 4 aliphatic rings. The van der Waals surface area contributed by atoms with Gasteiger partial charge >= 0.3 is 16.4 Å². The van der Waals surface area contributed by atoms with Gasteiger partial charge in [0.25, 0.3) is 5.91 Å². The third-order valence-corrected chi connectivity index (χ3v) is 6.41. The summed E-state index contributed by atoms with van der Waals surface area (Å²) >= 11 is 0. The zero-order valence-corrected chi connectivity index (χ0v) is 15.9. The number of hydroxylamine groups is 2. The standard InChI is InChI=1S/C15H23N5O7S/c21-12(6-9-2-1-5-16-9)17-18-13(22)10-7-15(3-4-15)11-8-19(10)14(23)20(11)27-28(24,25)26/h9-11,16H,1-8H2,(H,17,21)(H,18,22)(H,24,25,26)/t9?,10-,11-/m0/s1. The molecular formula is C15H23N5O7S. The van der Waals surface area contributed by atoms with E-state index in [4.69, 9.17) is 4.55 Å². The minimum Gasteiger partial charge on any atom is -0.313 e. The number of hydrogen-bond donors (Lipinski definition) is 4. The zero-order chi connectivity index (χ0) is 20.1. The third kappa shape index (κ3) is 3.66. The number of amides is 4. The molecule has 3 aliphatic heterocycles. The summed E-state index contributed by atoms with van der Waals surface area (Å²) in [7, 11) is -4.86. The molecule has 1 aliphatic carbocycles. The summed E-state index contributed by atoms with van der Waals surface area (Å²) in [5, 5.41) is 3.85. The molecule has 3 atom stereocenters. The molecule has 4 rings (SSSR count). The summed E-state index contributed by atoms with van der Waals surface area (Å²) in [6.07, 6.45) is 3.92. The van der Waals surface area contributed by atoms with Crippen LogP contribution in [0.5, 0.6) is 0 Å². The molecule has 4 amide bonds. The van der Waals surface area contributed by atoms with Crippen LogP contribution in [-0.2, 0) is 24.3 Å². The van der Waals surface area contributed by atoms with Gasteiger partial charge in [0.1, 0.15) is 6.04 Å². The van der Waals surface area contributed by atoms with Crippen molar-refractivity contribution in [3.8, 4) is 0 Å². The minimum absolute atomic E-state index is 0.0911. The van der Waals surface area contributed by atoms with Gasteiger partial charge in [-0.25, -0.2) is 4.79 Å². The Morgan fingerprint density at radius 3 is 2.68 bits per heavy atom. The first-order valence-electron chi connectivity index (χ1n) is 9.27. The van der Waals surface area contributed by atoms with Crippen LogP contribution in [0.4, 0.5) is 4.79 Å². The van der Waals surface area contributed by atoms with Crippen molar-refractivity contribution >= 4 is 28.2 Å². The summed E-state index contributed by atoms with van der Waals surface area (Å²) in [6, 6.07) is -2.11. The molecule has 1 saturated carbocycles. The van der Waals surface area contributed by atoms with Crippen LogP contribution < -0.4 is 16.2 Å². The van der Waals surface area contributed by atoms with E-state index in [-0.39, 0.29) is 24.9 Å². The molecule has 1 unspecified atom stereocenters. The molecule has 28 heavy (non-hydrogen) atoms. The second-order valence-electron chi connectivity index (χ2n) is 7.90. The van der Waals surface area contributed by atoms with Crippen molar-refractivity contribution in [3.63, 3.8) is 0 Å². The van der Waals surface area contributed by atoms with E-state index < -0.39 is 39.8 Å². The predicted molar refractivity (Wildman–Crippen MR) is 92.4 cm³/mol. The highest BCUT2D eigenvalue weighted by Crippen LogP contribution is 2.59. The van der Waals surface area contributed by atoms with Crippen LogP contribution in [0.25, 0.3) is 0 Å². The van der Waals surface area contributed by atoms with Gasteiger partial charge in [0, 0.05) is 19.0 Å². The Morgan fingerprint density at radius 1 is 1.32 bits per heavy atom. The maximum absolute atomic E-state index is 12.6. The van der Waals surface area contributed by atoms with E-state index in [0.29, 0.717) is 24.3 Å². The first kappa shape index (κ1) is 19.4. The van der Waals surface area contributed by atoms with E-state index in [1.165, 1.54) is 4.90 Å². The Kier molecular flexibility index (Phi) is 4.72. The highest BCUT2D eigenvalue weighted by molar-refractivity contribution is 7.80. The molecule has 13 heteroatoms. The van der Waals surface area contributed by atoms with Crippen molar-refractivity contribution in [1.82, 2.24) is 26.1 Å². The fourth-order valence-electron chi connectivity index (χ4n) is 4.47. The Morgan fingerprint density at radius 2 is 2.07 bits per heavy atom. The molecule has 3 saturated heterocycles. The molecule has 4 N–H and O–H groups in total. The van der Waals surface area contributed by atoms with Crippen LogP contribution in [-0.4, -0.2) is 72.0 Å². The van der Waals surface area contributed by atoms with Crippen LogP contribution in [0.3, 0.4) is 0 Å². The number of urea groups is 1. The lowest BCUT2D eigenvalue weighted by atomic mass is 9.85. The molecule has 12 nitrogen and oxygen atoms in total. The van der Waals surface area contributed by atoms with E-state index in [2.05, 4.69) is 20.5 Å². The van der Waals surface area contributed by atoms with Gasteiger partial charge in [-0.1, -0.05) is 0 Å². The predicted octanol–water partition coefficient (Wildman–Crippen LogP) is -1.33. The van der Waals surface area contributed by atoms with Gasteiger partial charge in [-0.3, -0.25) is 25.0 Å². The smallest absolute Gasteiger partial charge is 0.313 e. The maximum Gasteiger partial charge on any atom is 0.418 e. The Balaban J connectivity index is 1.39. The largest absolute Gasteiger partial charge is 0.418 e. The SMILES string of the molecule is O=C(CC1CCCN1)NNC(=O)[C@@H]1CC2(CC2)[C@@H]2CN1C(=O)N2OS(=O)(=O)O. The van der Waals surface area contributed by atoms with Crippen molar-refractivity contribution in [2.24, 2.45) is 5.41 Å². The first-order valence-corrected chi connectivity index (χ1v) is 10.6. The lowest BCUT2D eigenvalue weighted by molar-refractivity contribution is -0.132. The second-order valence-corrected chi connectivity index (χ2v) is 8.90. The fourth-order valence-corrected chi connectivity index (χ4v) is 4.84. The molecule has 0 aromatic carbocycles. The maximum atomic E-state index is 12.6. The molecule has 156 valence electrons. The van der Waals surface area contributed by atoms with E-state index in [1.807, 2.05) is 0 Å². The van der Waals surface area contributed by atoms with Crippen molar-refractivity contribution in [3.05, 3.63) is 0 Å². The third-order valence-electron chi connectivity index (χ3n) is 6.06. The van der Waals surface area contributed by atoms with E-state index >= 15 is 0 Å². The molecular weight excluding hydrogens is 394 g/mol. The Labute approximate surface area is 161 Å². The van der Waals surface area contributed by atoms with Crippen molar-refractivity contribution in [1.29, 1.82) is 0 Å². The average Bonchev–Trinajstić information content (AvgIpc) is 3.07. The minimum atomic E-state index is -4.86. The number of hydrogen-bond acceptors (Lipinski definition) is 7. The van der Waals surface area contributed by atoms with E-state index in [9.17, 15) is 22.8 Å². The van der Waals surface area contributed by atoms with E-state index in [1.54, 1.807) is 0 Å². The quantitative estimate of drug-likeness (QED) is 0.316. The number of hydrazine groups is 1. The molecule has 0 aromatic heterocycles. The summed E-state index contributed by atoms with van der Waals surface area (Å²) in [5.41, 5.74) is 4.33. The van der Waals surface area contributed by atoms with Gasteiger partial charge < -0.3 is 10.2 Å². The number of fused-ring (bicyclic) bond motifs is 3. The topological polar surface area (TPSA) is 157 Å². The summed E-state index contributed by atoms with van der Waals surface area (Å²) in [6.45, 7) is 0.987. The Hall–Kier alpha value is -1.96. The fraction of sp³-hybridized carbons (Fsp3) is 0.800. The molecule has 3 heterocycles. The van der Waals surface area contributed by atoms with Gasteiger partial charge in [-0.05, 0) is 44.1 Å². The summed E-state index contributed by atoms with van der Waals surface area (Å²) < 4.78 is 35.6. The molecule has 2 bridgehead atoms. The summed E-state index contributed by atoms with van der Waals surface area (Å²) in [5.74, 6) is -0.869. The van der Waals surface area contributed by atoms with Crippen molar-refractivity contribution < 1.29 is 31.6 Å². The molecule has 0 aromatic rings. The number of carbonyl (C=O) groups excluding carboxylic acids is 3. The van der Waals surface area contributed by atoms with Crippen LogP contribution in [0.1, 0.15) is 38.5 Å². The van der Waals surface area contributed by atoms with Gasteiger partial charge in [0.2, 0.25) is 5.91 Å². The van der Waals surface area contributed by atoms with E-state index in [0.717, 1.165) is 19.4 Å². The second kappa shape index (κ2) is 6.83. The highest BCUT2D eigenvalue weighted by Gasteiger charge is 2.65. The van der Waals surface area contributed by atoms with Gasteiger partial charge in [0.05, 0.1) is 6.04 Å². The number of carbonyl (C=O) groups is 3. The molecule has 4 fully saturated rings. The highest BCUT2D eigenvalue weighted by atomic mass is 32.3. The Bertz CT molecular complexity index is 793. The average molecular weight is 417 g/mol. The normalized spacial score (nSPS) is 30.6. The summed E-state index contributed by atoms with van der Waals surface area (Å²) in [4.78, 5) is 38.4. The van der Waals surface area contributed by atoms with Gasteiger partial charge in [-0.15, -0.1) is 4.28 Å². The van der Waals surface area contributed by atoms with Crippen molar-refractivity contribution in [2.45, 2.75) is 56.7 Å². The van der Waals surface area contributed by atoms with Crippen LogP contribution in [0.2, 0.25) is 0 Å². The number of piperidine rings is 1. The first-order chi connectivity index (χ1) is 13.2. The monoisotopic (exact) mass is 417 g/mol. The van der Waals surface area contributed by atoms with Crippen LogP contribution in [0, 0.1) is 5.41 Å². The number of nitrogens with zero attached hydrogens (tertiary/aromatic N) is 2. The van der Waals surface area contributed by atoms with Crippen molar-refractivity contribution in [2.75, 3.05) is 13.1 Å². The van der Waals surface area contributed by atoms with Crippen LogP contribution >= 0.6 is 0 Å². The van der Waals surface area contributed by atoms with Gasteiger partial charge in [0.15, 0.2) is 0 Å². The lowest BCUT2D eigenvalue weighted by Crippen LogP contribution is -2.56. The number of rotatable bonds is 5. The lowest BCUT2D eigenvalue weighted by Gasteiger charge is -2.35. The zero-order valence-electron chi connectivity index (χ0n) is 15.1. The van der Waals surface area contributed by atoms with Crippen LogP contribution in [0.15, 0.2) is 0 Å².